The number of fused-ring (bicyclic) bond motifs is 1. The lowest BCUT2D eigenvalue weighted by Crippen LogP contribution is -2.36. The quantitative estimate of drug-likeness (QED) is 0.202. The average Bonchev–Trinajstić information content (AvgIpc) is 3.13. The van der Waals surface area contributed by atoms with E-state index in [-0.39, 0.29) is 11.5 Å². The summed E-state index contributed by atoms with van der Waals surface area (Å²) in [6, 6.07) is 0. The number of aliphatic hydroxyl groups is 2. The number of phosphoric acid groups is 3. The highest BCUT2D eigenvalue weighted by Gasteiger charge is 2.49. The number of hydrogen-bond acceptors (Lipinski definition) is 13. The van der Waals surface area contributed by atoms with Gasteiger partial charge in [-0.1, -0.05) is 0 Å². The molecular formula is C11H17N4O13P3. The van der Waals surface area contributed by atoms with Crippen molar-refractivity contribution in [3.05, 3.63) is 12.0 Å². The van der Waals surface area contributed by atoms with E-state index in [1.54, 1.807) is 0 Å². The molecule has 0 spiro atoms. The number of nitrogen functional groups attached to an aromatic ring is 1. The van der Waals surface area contributed by atoms with Crippen molar-refractivity contribution < 1.29 is 61.4 Å². The summed E-state index contributed by atoms with van der Waals surface area (Å²) in [6.07, 6.45) is -3.16. The maximum Gasteiger partial charge on any atom is 0.490 e. The predicted molar refractivity (Wildman–Crippen MR) is 97.8 cm³/mol. The highest BCUT2D eigenvalue weighted by molar-refractivity contribution is 7.66. The predicted octanol–water partition coefficient (Wildman–Crippen LogP) is -1.31. The number of nitrogens with zero attached hydrogens (tertiary/aromatic N) is 3. The van der Waals surface area contributed by atoms with Crippen LogP contribution in [0.4, 0.5) is 11.5 Å². The van der Waals surface area contributed by atoms with Crippen LogP contribution in [0.2, 0.25) is 0 Å². The summed E-state index contributed by atoms with van der Waals surface area (Å²) in [6.45, 7) is -0.930. The third kappa shape index (κ3) is 5.80. The van der Waals surface area contributed by atoms with Crippen molar-refractivity contribution in [2.75, 3.05) is 12.3 Å². The van der Waals surface area contributed by atoms with E-state index >= 15 is 0 Å². The van der Waals surface area contributed by atoms with Gasteiger partial charge in [0.15, 0.2) is 5.82 Å². The molecule has 20 heteroatoms. The molecule has 3 heterocycles. The van der Waals surface area contributed by atoms with Gasteiger partial charge in [-0.05, 0) is 0 Å². The Labute approximate surface area is 173 Å². The van der Waals surface area contributed by atoms with E-state index in [0.717, 1.165) is 0 Å². The van der Waals surface area contributed by atoms with Crippen molar-refractivity contribution in [2.45, 2.75) is 30.3 Å². The van der Waals surface area contributed by atoms with Crippen molar-refractivity contribution >= 4 is 41.2 Å². The third-order valence-electron chi connectivity index (χ3n) is 4.13. The van der Waals surface area contributed by atoms with Gasteiger partial charge in [0.05, 0.1) is 18.2 Å². The van der Waals surface area contributed by atoms with E-state index < -0.39 is 60.4 Å². The molecule has 1 aromatic heterocycles. The van der Waals surface area contributed by atoms with Crippen LogP contribution in [-0.2, 0) is 31.6 Å². The van der Waals surface area contributed by atoms with E-state index in [4.69, 9.17) is 25.2 Å². The Bertz CT molecular complexity index is 1020. The third-order valence-corrected chi connectivity index (χ3v) is 7.93. The van der Waals surface area contributed by atoms with Crippen molar-refractivity contribution in [3.63, 3.8) is 0 Å². The Morgan fingerprint density at radius 1 is 1.03 bits per heavy atom. The zero-order valence-electron chi connectivity index (χ0n) is 15.1. The number of aromatic nitrogens is 2. The standard InChI is InChI=1S/C11H17N4O13P3/c12-11-7-6(14-3-15-11)4(1-13-7)10-9(17)8(16)5(26-10)2-25-30(21,22)28-31(23,24)27-29(18,19)20/h1,3-5,8-10,16-17H,2H2,(H,21,22)(H,23,24)(H2,12,14,15)(H2,18,19,20)/t4?,5-,8-,9-,10+/m1/s1. The molecule has 3 unspecified atom stereocenters. The monoisotopic (exact) mass is 506 g/mol. The molecule has 1 aromatic rings. The van der Waals surface area contributed by atoms with Crippen molar-refractivity contribution in [3.8, 4) is 0 Å². The van der Waals surface area contributed by atoms with Crippen LogP contribution in [0.25, 0.3) is 0 Å². The first kappa shape index (κ1) is 24.5. The molecule has 0 radical (unpaired) electrons. The molecule has 7 atom stereocenters. The van der Waals surface area contributed by atoms with Crippen LogP contribution in [0.3, 0.4) is 0 Å². The minimum atomic E-state index is -5.69. The molecule has 0 aromatic carbocycles. The fourth-order valence-corrected chi connectivity index (χ4v) is 5.96. The highest BCUT2D eigenvalue weighted by Crippen LogP contribution is 2.66. The highest BCUT2D eigenvalue weighted by atomic mass is 31.3. The van der Waals surface area contributed by atoms with Gasteiger partial charge in [-0.15, -0.1) is 0 Å². The first-order chi connectivity index (χ1) is 14.2. The van der Waals surface area contributed by atoms with Gasteiger partial charge in [0.1, 0.15) is 36.4 Å². The molecule has 1 saturated heterocycles. The Morgan fingerprint density at radius 3 is 2.35 bits per heavy atom. The van der Waals surface area contributed by atoms with Gasteiger partial charge < -0.3 is 40.3 Å². The fourth-order valence-electron chi connectivity index (χ4n) is 2.93. The van der Waals surface area contributed by atoms with E-state index in [2.05, 4.69) is 28.1 Å². The molecular weight excluding hydrogens is 489 g/mol. The summed E-state index contributed by atoms with van der Waals surface area (Å²) in [4.78, 5) is 47.4. The Morgan fingerprint density at radius 2 is 1.71 bits per heavy atom. The van der Waals surface area contributed by atoms with Gasteiger partial charge in [-0.3, -0.25) is 9.52 Å². The molecule has 174 valence electrons. The first-order valence-electron chi connectivity index (χ1n) is 8.13. The molecule has 2 aliphatic heterocycles. The maximum absolute atomic E-state index is 11.8. The molecule has 17 nitrogen and oxygen atoms in total. The number of aliphatic hydroxyl groups excluding tert-OH is 2. The van der Waals surface area contributed by atoms with Gasteiger partial charge in [0.2, 0.25) is 0 Å². The van der Waals surface area contributed by atoms with Crippen LogP contribution in [0.1, 0.15) is 11.6 Å². The molecule has 31 heavy (non-hydrogen) atoms. The van der Waals surface area contributed by atoms with E-state index in [1.807, 2.05) is 0 Å². The molecule has 0 saturated carbocycles. The largest absolute Gasteiger partial charge is 0.490 e. The molecule has 0 amide bonds. The second-order valence-electron chi connectivity index (χ2n) is 6.30. The van der Waals surface area contributed by atoms with Crippen LogP contribution in [0.15, 0.2) is 11.3 Å². The maximum atomic E-state index is 11.8. The second-order valence-corrected chi connectivity index (χ2v) is 10.7. The Kier molecular flexibility index (Phi) is 6.83. The SMILES string of the molecule is Nc1ncnc2c1N=CC2[C@@H]1O[C@H](COP(=O)(O)OP(=O)(O)OP(=O)(O)O)[C@@H](O)[C@H]1O. The van der Waals surface area contributed by atoms with Gasteiger partial charge in [0.25, 0.3) is 0 Å². The second kappa shape index (κ2) is 8.65. The van der Waals surface area contributed by atoms with Gasteiger partial charge >= 0.3 is 23.5 Å². The number of phosphoric ester groups is 1. The topological polar surface area (TPSA) is 274 Å². The molecule has 0 aliphatic carbocycles. The number of hydrogen-bond donors (Lipinski definition) is 7. The lowest BCUT2D eigenvalue weighted by Gasteiger charge is -2.20. The van der Waals surface area contributed by atoms with Crippen molar-refractivity contribution in [1.29, 1.82) is 0 Å². The smallest absolute Gasteiger partial charge is 0.388 e. The van der Waals surface area contributed by atoms with Crippen LogP contribution in [0, 0.1) is 0 Å². The summed E-state index contributed by atoms with van der Waals surface area (Å²) in [5, 5.41) is 20.5. The van der Waals surface area contributed by atoms with Gasteiger partial charge in [0, 0.05) is 6.21 Å². The number of ether oxygens (including phenoxy) is 1. The Hall–Kier alpha value is -1.16. The van der Waals surface area contributed by atoms with Gasteiger partial charge in [-0.25, -0.2) is 23.7 Å². The number of rotatable bonds is 8. The van der Waals surface area contributed by atoms with Crippen LogP contribution >= 0.6 is 23.5 Å². The molecule has 1 fully saturated rings. The lowest BCUT2D eigenvalue weighted by atomic mass is 9.95. The summed E-state index contributed by atoms with van der Waals surface area (Å²) in [7, 11) is -16.7. The average molecular weight is 506 g/mol. The zero-order chi connectivity index (χ0) is 23.2. The minimum absolute atomic E-state index is 0.0843. The van der Waals surface area contributed by atoms with Crippen molar-refractivity contribution in [1.82, 2.24) is 9.97 Å². The first-order valence-corrected chi connectivity index (χ1v) is 12.7. The van der Waals surface area contributed by atoms with Crippen LogP contribution in [-0.4, -0.2) is 77.0 Å². The van der Waals surface area contributed by atoms with E-state index in [9.17, 15) is 28.8 Å². The summed E-state index contributed by atoms with van der Waals surface area (Å²) >= 11 is 0. The van der Waals surface area contributed by atoms with E-state index in [0.29, 0.717) is 5.69 Å². The molecule has 2 aliphatic rings. The molecule has 3 rings (SSSR count). The van der Waals surface area contributed by atoms with Gasteiger partial charge in [-0.2, -0.15) is 8.62 Å². The zero-order valence-corrected chi connectivity index (χ0v) is 17.7. The normalized spacial score (nSPS) is 31.9. The number of anilines is 1. The van der Waals surface area contributed by atoms with Crippen LogP contribution in [0.5, 0.6) is 0 Å². The molecule has 0 bridgehead atoms. The number of aliphatic imine (C=N–C) groups is 1. The minimum Gasteiger partial charge on any atom is -0.388 e. The summed E-state index contributed by atoms with van der Waals surface area (Å²) < 4.78 is 50.8. The van der Waals surface area contributed by atoms with Crippen LogP contribution < -0.4 is 5.73 Å². The summed E-state index contributed by atoms with van der Waals surface area (Å²) in [5.74, 6) is -0.664. The Balaban J connectivity index is 1.65. The summed E-state index contributed by atoms with van der Waals surface area (Å²) in [5.41, 5.74) is 6.27. The fraction of sp³-hybridized carbons (Fsp3) is 0.545. The van der Waals surface area contributed by atoms with Crippen molar-refractivity contribution in [2.24, 2.45) is 4.99 Å². The lowest BCUT2D eigenvalue weighted by molar-refractivity contribution is -0.0232. The van der Waals surface area contributed by atoms with E-state index in [1.165, 1.54) is 12.5 Å². The number of nitrogens with two attached hydrogens (primary N) is 1. The molecule has 8 N–H and O–H groups in total.